The smallest absolute Gasteiger partial charge is 0.257 e. The van der Waals surface area contributed by atoms with Crippen molar-refractivity contribution in [1.82, 2.24) is 10.3 Å². The third kappa shape index (κ3) is 5.15. The highest BCUT2D eigenvalue weighted by Crippen LogP contribution is 2.25. The Balaban J connectivity index is 1.78. The first-order valence-electron chi connectivity index (χ1n) is 7.61. The maximum absolute atomic E-state index is 11.6. The number of hydrogen-bond donors (Lipinski definition) is 1. The van der Waals surface area contributed by atoms with E-state index in [4.69, 9.17) is 4.74 Å². The molecule has 1 N–H and O–H groups in total. The Kier molecular flexibility index (Phi) is 6.40. The van der Waals surface area contributed by atoms with Crippen molar-refractivity contribution in [3.8, 4) is 16.3 Å². The standard InChI is InChI=1S/C17H22N2O2S/c1-3-4-5-10-18-16(20)11-21-15-8-6-14(7-9-15)17-19-13(2)12-22-17/h6-9,12H,3-5,10-11H2,1-2H3,(H,18,20). The Hall–Kier alpha value is -1.88. The van der Waals surface area contributed by atoms with Crippen LogP contribution in [0.2, 0.25) is 0 Å². The van der Waals surface area contributed by atoms with E-state index in [0.717, 1.165) is 42.1 Å². The molecule has 22 heavy (non-hydrogen) atoms. The number of unbranched alkanes of at least 4 members (excludes halogenated alkanes) is 2. The number of nitrogens with one attached hydrogen (secondary N) is 1. The van der Waals surface area contributed by atoms with Crippen LogP contribution in [0.5, 0.6) is 5.75 Å². The van der Waals surface area contributed by atoms with Crippen LogP contribution in [0.4, 0.5) is 0 Å². The van der Waals surface area contributed by atoms with E-state index in [2.05, 4.69) is 17.2 Å². The second-order valence-corrected chi connectivity index (χ2v) is 6.02. The largest absolute Gasteiger partial charge is 0.484 e. The van der Waals surface area contributed by atoms with Gasteiger partial charge in [-0.25, -0.2) is 4.98 Å². The van der Waals surface area contributed by atoms with Gasteiger partial charge in [0.2, 0.25) is 0 Å². The van der Waals surface area contributed by atoms with Gasteiger partial charge in [0.25, 0.3) is 5.91 Å². The monoisotopic (exact) mass is 318 g/mol. The fourth-order valence-electron chi connectivity index (χ4n) is 1.98. The van der Waals surface area contributed by atoms with Gasteiger partial charge in [0.05, 0.1) is 0 Å². The van der Waals surface area contributed by atoms with Crippen LogP contribution >= 0.6 is 11.3 Å². The minimum Gasteiger partial charge on any atom is -0.484 e. The van der Waals surface area contributed by atoms with E-state index in [1.54, 1.807) is 11.3 Å². The van der Waals surface area contributed by atoms with Crippen molar-refractivity contribution in [2.24, 2.45) is 0 Å². The number of carbonyl (C=O) groups excluding carboxylic acids is 1. The van der Waals surface area contributed by atoms with Crippen LogP contribution in [0.25, 0.3) is 10.6 Å². The number of carbonyl (C=O) groups is 1. The first-order valence-corrected chi connectivity index (χ1v) is 8.49. The quantitative estimate of drug-likeness (QED) is 0.753. The van der Waals surface area contributed by atoms with Gasteiger partial charge in [-0.15, -0.1) is 11.3 Å². The summed E-state index contributed by atoms with van der Waals surface area (Å²) in [5.41, 5.74) is 2.09. The summed E-state index contributed by atoms with van der Waals surface area (Å²) >= 11 is 1.62. The minimum atomic E-state index is -0.0734. The molecule has 0 radical (unpaired) electrons. The van der Waals surface area contributed by atoms with Crippen LogP contribution in [-0.4, -0.2) is 24.0 Å². The maximum atomic E-state index is 11.6. The number of nitrogens with zero attached hydrogens (tertiary/aromatic N) is 1. The van der Waals surface area contributed by atoms with E-state index in [9.17, 15) is 4.79 Å². The minimum absolute atomic E-state index is 0.0574. The molecule has 0 saturated heterocycles. The van der Waals surface area contributed by atoms with Crippen molar-refractivity contribution in [1.29, 1.82) is 0 Å². The fraction of sp³-hybridized carbons (Fsp3) is 0.412. The third-order valence-electron chi connectivity index (χ3n) is 3.19. The van der Waals surface area contributed by atoms with Gasteiger partial charge < -0.3 is 10.1 Å². The molecule has 1 amide bonds. The van der Waals surface area contributed by atoms with E-state index in [1.807, 2.05) is 36.6 Å². The number of aromatic nitrogens is 1. The van der Waals surface area contributed by atoms with E-state index in [0.29, 0.717) is 5.75 Å². The molecule has 0 aliphatic carbocycles. The Morgan fingerprint density at radius 3 is 2.68 bits per heavy atom. The van der Waals surface area contributed by atoms with Crippen molar-refractivity contribution in [2.75, 3.05) is 13.2 Å². The van der Waals surface area contributed by atoms with Gasteiger partial charge >= 0.3 is 0 Å². The Morgan fingerprint density at radius 1 is 1.27 bits per heavy atom. The molecule has 0 spiro atoms. The van der Waals surface area contributed by atoms with Crippen molar-refractivity contribution in [2.45, 2.75) is 33.1 Å². The van der Waals surface area contributed by atoms with Crippen molar-refractivity contribution in [3.05, 3.63) is 35.3 Å². The number of hydrogen-bond acceptors (Lipinski definition) is 4. The molecule has 0 fully saturated rings. The Morgan fingerprint density at radius 2 is 2.05 bits per heavy atom. The maximum Gasteiger partial charge on any atom is 0.257 e. The van der Waals surface area contributed by atoms with Gasteiger partial charge in [0.15, 0.2) is 6.61 Å². The number of amides is 1. The predicted octanol–water partition coefficient (Wildman–Crippen LogP) is 3.80. The molecular weight excluding hydrogens is 296 g/mol. The average molecular weight is 318 g/mol. The van der Waals surface area contributed by atoms with Crippen molar-refractivity contribution >= 4 is 17.2 Å². The number of benzene rings is 1. The van der Waals surface area contributed by atoms with Gasteiger partial charge in [0.1, 0.15) is 10.8 Å². The summed E-state index contributed by atoms with van der Waals surface area (Å²) in [5.74, 6) is 0.622. The SMILES string of the molecule is CCCCCNC(=O)COc1ccc(-c2nc(C)cs2)cc1. The lowest BCUT2D eigenvalue weighted by Gasteiger charge is -2.07. The Labute approximate surface area is 135 Å². The highest BCUT2D eigenvalue weighted by molar-refractivity contribution is 7.13. The molecule has 4 nitrogen and oxygen atoms in total. The third-order valence-corrected chi connectivity index (χ3v) is 4.20. The molecule has 0 aliphatic rings. The normalized spacial score (nSPS) is 10.5. The number of rotatable bonds is 8. The summed E-state index contributed by atoms with van der Waals surface area (Å²) in [6.45, 7) is 4.90. The summed E-state index contributed by atoms with van der Waals surface area (Å²) in [6, 6.07) is 7.67. The number of thiazole rings is 1. The number of ether oxygens (including phenoxy) is 1. The summed E-state index contributed by atoms with van der Waals surface area (Å²) in [4.78, 5) is 16.1. The van der Waals surface area contributed by atoms with Crippen LogP contribution in [0.3, 0.4) is 0 Å². The van der Waals surface area contributed by atoms with Crippen LogP contribution in [0.1, 0.15) is 31.9 Å². The molecule has 0 saturated carbocycles. The zero-order chi connectivity index (χ0) is 15.8. The first kappa shape index (κ1) is 16.5. The lowest BCUT2D eigenvalue weighted by molar-refractivity contribution is -0.123. The molecule has 5 heteroatoms. The summed E-state index contributed by atoms with van der Waals surface area (Å²) in [5, 5.41) is 5.88. The molecule has 2 aromatic rings. The van der Waals surface area contributed by atoms with Gasteiger partial charge in [-0.3, -0.25) is 4.79 Å². The highest BCUT2D eigenvalue weighted by Gasteiger charge is 2.05. The zero-order valence-electron chi connectivity index (χ0n) is 13.1. The lowest BCUT2D eigenvalue weighted by atomic mass is 10.2. The predicted molar refractivity (Wildman–Crippen MR) is 90.3 cm³/mol. The van der Waals surface area contributed by atoms with Crippen LogP contribution in [0.15, 0.2) is 29.6 Å². The second kappa shape index (κ2) is 8.54. The first-order chi connectivity index (χ1) is 10.7. The topological polar surface area (TPSA) is 51.2 Å². The molecule has 1 aromatic carbocycles. The molecular formula is C17H22N2O2S. The van der Waals surface area contributed by atoms with Gasteiger partial charge in [-0.05, 0) is 37.6 Å². The lowest BCUT2D eigenvalue weighted by Crippen LogP contribution is -2.29. The highest BCUT2D eigenvalue weighted by atomic mass is 32.1. The van der Waals surface area contributed by atoms with Crippen molar-refractivity contribution in [3.63, 3.8) is 0 Å². The Bertz CT molecular complexity index is 593. The van der Waals surface area contributed by atoms with Gasteiger partial charge in [0, 0.05) is 23.2 Å². The summed E-state index contributed by atoms with van der Waals surface area (Å²) < 4.78 is 5.49. The van der Waals surface area contributed by atoms with Crippen LogP contribution in [0, 0.1) is 6.92 Å². The summed E-state index contributed by atoms with van der Waals surface area (Å²) in [7, 11) is 0. The second-order valence-electron chi connectivity index (χ2n) is 5.16. The molecule has 0 unspecified atom stereocenters. The van der Waals surface area contributed by atoms with E-state index in [-0.39, 0.29) is 12.5 Å². The van der Waals surface area contributed by atoms with E-state index in [1.165, 1.54) is 0 Å². The van der Waals surface area contributed by atoms with Gasteiger partial charge in [-0.1, -0.05) is 19.8 Å². The zero-order valence-corrected chi connectivity index (χ0v) is 13.9. The molecule has 1 aromatic heterocycles. The van der Waals surface area contributed by atoms with E-state index >= 15 is 0 Å². The fourth-order valence-corrected chi connectivity index (χ4v) is 2.79. The summed E-state index contributed by atoms with van der Waals surface area (Å²) in [6.07, 6.45) is 3.31. The van der Waals surface area contributed by atoms with Crippen LogP contribution < -0.4 is 10.1 Å². The number of aryl methyl sites for hydroxylation is 1. The molecule has 118 valence electrons. The molecule has 0 bridgehead atoms. The average Bonchev–Trinajstić information content (AvgIpc) is 2.96. The van der Waals surface area contributed by atoms with E-state index < -0.39 is 0 Å². The van der Waals surface area contributed by atoms with Crippen molar-refractivity contribution < 1.29 is 9.53 Å². The van der Waals surface area contributed by atoms with Gasteiger partial charge in [-0.2, -0.15) is 0 Å². The van der Waals surface area contributed by atoms with Crippen LogP contribution in [-0.2, 0) is 4.79 Å². The molecule has 0 aliphatic heterocycles. The molecule has 2 rings (SSSR count). The molecule has 1 heterocycles. The molecule has 0 atom stereocenters.